The molecule has 0 saturated carbocycles. The molecule has 0 bridgehead atoms. The van der Waals surface area contributed by atoms with Crippen LogP contribution in [0.3, 0.4) is 0 Å². The van der Waals surface area contributed by atoms with Crippen molar-refractivity contribution in [2.75, 3.05) is 18.4 Å². The zero-order chi connectivity index (χ0) is 18.6. The first-order valence-corrected chi connectivity index (χ1v) is 8.46. The van der Waals surface area contributed by atoms with E-state index in [9.17, 15) is 18.8 Å². The highest BCUT2D eigenvalue weighted by molar-refractivity contribution is 5.94. The number of nitrogens with one attached hydrogen (secondary N) is 1. The van der Waals surface area contributed by atoms with Crippen LogP contribution < -0.4 is 5.32 Å². The Kier molecular flexibility index (Phi) is 6.12. The van der Waals surface area contributed by atoms with Crippen molar-refractivity contribution in [2.45, 2.75) is 33.1 Å². The highest BCUT2D eigenvalue weighted by atomic mass is 19.1. The molecule has 2 N–H and O–H groups in total. The third-order valence-electron chi connectivity index (χ3n) is 4.61. The topological polar surface area (TPSA) is 86.7 Å². The van der Waals surface area contributed by atoms with E-state index in [0.29, 0.717) is 19.5 Å². The number of carboxylic acids is 1. The Balaban J connectivity index is 2.03. The Labute approximate surface area is 146 Å². The number of anilines is 1. The molecule has 2 amide bonds. The summed E-state index contributed by atoms with van der Waals surface area (Å²) in [5, 5.41) is 11.3. The predicted molar refractivity (Wildman–Crippen MR) is 90.7 cm³/mol. The molecule has 6 nitrogen and oxygen atoms in total. The van der Waals surface area contributed by atoms with Crippen molar-refractivity contribution >= 4 is 23.5 Å². The van der Waals surface area contributed by atoms with Gasteiger partial charge in [-0.2, -0.15) is 0 Å². The number of hydrogen-bond acceptors (Lipinski definition) is 3. The minimum Gasteiger partial charge on any atom is -0.478 e. The largest absolute Gasteiger partial charge is 0.478 e. The molecule has 1 fully saturated rings. The Morgan fingerprint density at radius 3 is 2.72 bits per heavy atom. The Morgan fingerprint density at radius 2 is 2.12 bits per heavy atom. The molecule has 2 atom stereocenters. The number of halogens is 1. The summed E-state index contributed by atoms with van der Waals surface area (Å²) in [6.45, 7) is 4.77. The maximum absolute atomic E-state index is 14.0. The number of carbonyl (C=O) groups is 3. The first-order chi connectivity index (χ1) is 11.8. The van der Waals surface area contributed by atoms with Crippen LogP contribution in [-0.2, 0) is 9.59 Å². The van der Waals surface area contributed by atoms with Gasteiger partial charge in [0.05, 0.1) is 17.2 Å². The van der Waals surface area contributed by atoms with Gasteiger partial charge in [0.1, 0.15) is 5.82 Å². The summed E-state index contributed by atoms with van der Waals surface area (Å²) in [6, 6.07) is 3.35. The first kappa shape index (κ1) is 18.9. The molecule has 1 aromatic rings. The van der Waals surface area contributed by atoms with Crippen molar-refractivity contribution in [2.24, 2.45) is 11.8 Å². The average molecular weight is 350 g/mol. The monoisotopic (exact) mass is 350 g/mol. The summed E-state index contributed by atoms with van der Waals surface area (Å²) in [6.07, 6.45) is 2.10. The zero-order valence-corrected chi connectivity index (χ0v) is 14.4. The van der Waals surface area contributed by atoms with Crippen molar-refractivity contribution in [1.82, 2.24) is 4.90 Å². The lowest BCUT2D eigenvalue weighted by atomic mass is 9.95. The summed E-state index contributed by atoms with van der Waals surface area (Å²) in [7, 11) is 0. The number of carboxylic acid groups (broad SMARTS) is 1. The number of hydrogen-bond donors (Lipinski definition) is 2. The smallest absolute Gasteiger partial charge is 0.335 e. The maximum Gasteiger partial charge on any atom is 0.335 e. The van der Waals surface area contributed by atoms with E-state index in [0.717, 1.165) is 18.9 Å². The Hall–Kier alpha value is -2.44. The van der Waals surface area contributed by atoms with E-state index >= 15 is 0 Å². The quantitative estimate of drug-likeness (QED) is 0.855. The van der Waals surface area contributed by atoms with Crippen LogP contribution in [-0.4, -0.2) is 40.9 Å². The van der Waals surface area contributed by atoms with Crippen molar-refractivity contribution in [1.29, 1.82) is 0 Å². The lowest BCUT2D eigenvalue weighted by Gasteiger charge is -2.33. The molecule has 1 heterocycles. The molecule has 25 heavy (non-hydrogen) atoms. The fraction of sp³-hybridized carbons (Fsp3) is 0.500. The fourth-order valence-corrected chi connectivity index (χ4v) is 2.86. The van der Waals surface area contributed by atoms with Gasteiger partial charge in [0.15, 0.2) is 0 Å². The molecule has 0 spiro atoms. The van der Waals surface area contributed by atoms with Gasteiger partial charge in [0.25, 0.3) is 0 Å². The van der Waals surface area contributed by atoms with Gasteiger partial charge in [-0.1, -0.05) is 13.8 Å². The van der Waals surface area contributed by atoms with Crippen LogP contribution in [0.15, 0.2) is 18.2 Å². The molecule has 1 saturated heterocycles. The zero-order valence-electron chi connectivity index (χ0n) is 14.4. The second kappa shape index (κ2) is 8.09. The average Bonchev–Trinajstić information content (AvgIpc) is 2.61. The molecule has 1 aliphatic rings. The van der Waals surface area contributed by atoms with Crippen LogP contribution in [0.5, 0.6) is 0 Å². The molecular weight excluding hydrogens is 327 g/mol. The van der Waals surface area contributed by atoms with E-state index in [1.807, 2.05) is 13.8 Å². The van der Waals surface area contributed by atoms with Gasteiger partial charge in [-0.25, -0.2) is 9.18 Å². The van der Waals surface area contributed by atoms with Gasteiger partial charge in [0, 0.05) is 19.0 Å². The molecule has 2 unspecified atom stereocenters. The molecule has 0 aliphatic carbocycles. The number of aromatic carboxylic acids is 1. The van der Waals surface area contributed by atoms with Crippen LogP contribution >= 0.6 is 0 Å². The number of nitrogens with zero attached hydrogens (tertiary/aromatic N) is 1. The Bertz CT molecular complexity index is 677. The van der Waals surface area contributed by atoms with E-state index in [2.05, 4.69) is 5.32 Å². The lowest BCUT2D eigenvalue weighted by Crippen LogP contribution is -2.45. The summed E-state index contributed by atoms with van der Waals surface area (Å²) in [5.41, 5.74) is -0.237. The lowest BCUT2D eigenvalue weighted by molar-refractivity contribution is -0.138. The number of carbonyl (C=O) groups excluding carboxylic acids is 2. The normalized spacial score (nSPS) is 18.5. The van der Waals surface area contributed by atoms with Gasteiger partial charge in [-0.15, -0.1) is 0 Å². The number of likely N-dealkylation sites (tertiary alicyclic amines) is 1. The van der Waals surface area contributed by atoms with E-state index in [-0.39, 0.29) is 29.0 Å². The van der Waals surface area contributed by atoms with Crippen LogP contribution in [0.2, 0.25) is 0 Å². The summed E-state index contributed by atoms with van der Waals surface area (Å²) in [4.78, 5) is 37.2. The van der Waals surface area contributed by atoms with Gasteiger partial charge >= 0.3 is 5.97 Å². The minimum absolute atomic E-state index is 0.0389. The van der Waals surface area contributed by atoms with E-state index < -0.39 is 17.7 Å². The van der Waals surface area contributed by atoms with Crippen molar-refractivity contribution < 1.29 is 23.9 Å². The molecule has 0 aromatic heterocycles. The summed E-state index contributed by atoms with van der Waals surface area (Å²) < 4.78 is 14.0. The SMILES string of the molecule is CCC(C)C(=O)N1CCCC(C(=O)Nc2ccc(C(=O)O)cc2F)C1. The third-order valence-corrected chi connectivity index (χ3v) is 4.61. The Morgan fingerprint density at radius 1 is 1.40 bits per heavy atom. The van der Waals surface area contributed by atoms with Crippen LogP contribution in [0.25, 0.3) is 0 Å². The standard InChI is InChI=1S/C18H23FN2O4/c1-3-11(2)17(23)21-8-4-5-13(10-21)16(22)20-15-7-6-12(18(24)25)9-14(15)19/h6-7,9,11,13H,3-5,8,10H2,1-2H3,(H,20,22)(H,24,25). The molecule has 136 valence electrons. The predicted octanol–water partition coefficient (Wildman–Crippen LogP) is 2.75. The van der Waals surface area contributed by atoms with Crippen molar-refractivity contribution in [3.63, 3.8) is 0 Å². The number of amides is 2. The third kappa shape index (κ3) is 4.55. The van der Waals surface area contributed by atoms with Crippen molar-refractivity contribution in [3.05, 3.63) is 29.6 Å². The van der Waals surface area contributed by atoms with Crippen LogP contribution in [0.1, 0.15) is 43.5 Å². The van der Waals surface area contributed by atoms with Gasteiger partial charge < -0.3 is 15.3 Å². The van der Waals surface area contributed by atoms with E-state index in [4.69, 9.17) is 5.11 Å². The molecule has 7 heteroatoms. The highest BCUT2D eigenvalue weighted by Gasteiger charge is 2.30. The number of benzene rings is 1. The van der Waals surface area contributed by atoms with Gasteiger partial charge in [-0.3, -0.25) is 9.59 Å². The van der Waals surface area contributed by atoms with Gasteiger partial charge in [0.2, 0.25) is 11.8 Å². The number of rotatable bonds is 5. The maximum atomic E-state index is 14.0. The summed E-state index contributed by atoms with van der Waals surface area (Å²) >= 11 is 0. The summed E-state index contributed by atoms with van der Waals surface area (Å²) in [5.74, 6) is -2.83. The highest BCUT2D eigenvalue weighted by Crippen LogP contribution is 2.22. The molecule has 0 radical (unpaired) electrons. The fourth-order valence-electron chi connectivity index (χ4n) is 2.86. The van der Waals surface area contributed by atoms with E-state index in [1.54, 1.807) is 4.90 Å². The van der Waals surface area contributed by atoms with Crippen LogP contribution in [0, 0.1) is 17.7 Å². The molecule has 1 aromatic carbocycles. The van der Waals surface area contributed by atoms with E-state index in [1.165, 1.54) is 12.1 Å². The first-order valence-electron chi connectivity index (χ1n) is 8.46. The molecular formula is C18H23FN2O4. The molecule has 2 rings (SSSR count). The molecule has 1 aliphatic heterocycles. The second-order valence-electron chi connectivity index (χ2n) is 6.42. The minimum atomic E-state index is -1.23. The second-order valence-corrected chi connectivity index (χ2v) is 6.42. The number of piperidine rings is 1. The van der Waals surface area contributed by atoms with Crippen molar-refractivity contribution in [3.8, 4) is 0 Å². The van der Waals surface area contributed by atoms with Crippen LogP contribution in [0.4, 0.5) is 10.1 Å². The van der Waals surface area contributed by atoms with Gasteiger partial charge in [-0.05, 0) is 37.5 Å².